The molecule has 0 spiro atoms. The maximum atomic E-state index is 12.9. The fourth-order valence-electron chi connectivity index (χ4n) is 4.06. The van der Waals surface area contributed by atoms with Crippen molar-refractivity contribution in [3.63, 3.8) is 0 Å². The first kappa shape index (κ1) is 24.5. The normalized spacial score (nSPS) is 15.2. The van der Waals surface area contributed by atoms with Gasteiger partial charge in [-0.3, -0.25) is 9.59 Å². The highest BCUT2D eigenvalue weighted by atomic mass is 32.2. The molecule has 0 saturated carbocycles. The van der Waals surface area contributed by atoms with Gasteiger partial charge in [0.2, 0.25) is 5.91 Å². The van der Waals surface area contributed by atoms with E-state index in [4.69, 9.17) is 4.74 Å². The molecular formula is C28H28N2O4S. The van der Waals surface area contributed by atoms with Gasteiger partial charge in [-0.25, -0.2) is 4.79 Å². The highest BCUT2D eigenvalue weighted by Gasteiger charge is 2.32. The van der Waals surface area contributed by atoms with Crippen LogP contribution in [0.15, 0.2) is 72.8 Å². The Morgan fingerprint density at radius 2 is 1.77 bits per heavy atom. The van der Waals surface area contributed by atoms with E-state index in [9.17, 15) is 14.4 Å². The molecule has 1 fully saturated rings. The Balaban J connectivity index is 1.44. The standard InChI is InChI=1S/C28H28N2O4S/c1-3-34-28(33)23-10-7-11-24(19(23)2)29-26(32)21-12-14-22(15-13-21)27-30(25(31)18-35-27)17-16-20-8-5-4-6-9-20/h4-15,27H,3,16-18H2,1-2H3,(H,29,32)/t27-/m1/s1. The number of carbonyl (C=O) groups excluding carboxylic acids is 3. The summed E-state index contributed by atoms with van der Waals surface area (Å²) in [6.45, 7) is 4.48. The van der Waals surface area contributed by atoms with E-state index in [2.05, 4.69) is 17.4 Å². The maximum absolute atomic E-state index is 12.9. The van der Waals surface area contributed by atoms with Gasteiger partial charge >= 0.3 is 5.97 Å². The number of nitrogens with zero attached hydrogens (tertiary/aromatic N) is 1. The molecule has 1 aliphatic heterocycles. The Morgan fingerprint density at radius 3 is 2.49 bits per heavy atom. The first-order valence-electron chi connectivity index (χ1n) is 11.6. The zero-order valence-electron chi connectivity index (χ0n) is 19.8. The summed E-state index contributed by atoms with van der Waals surface area (Å²) in [5, 5.41) is 2.83. The number of thioether (sulfide) groups is 1. The van der Waals surface area contributed by atoms with Gasteiger partial charge in [-0.1, -0.05) is 48.5 Å². The van der Waals surface area contributed by atoms with Crippen LogP contribution in [0, 0.1) is 6.92 Å². The Kier molecular flexibility index (Phi) is 7.87. The third-order valence-corrected chi connectivity index (χ3v) is 7.24. The van der Waals surface area contributed by atoms with Gasteiger partial charge in [0.05, 0.1) is 17.9 Å². The van der Waals surface area contributed by atoms with Gasteiger partial charge in [0.1, 0.15) is 5.37 Å². The molecule has 7 heteroatoms. The average Bonchev–Trinajstić information content (AvgIpc) is 3.25. The third kappa shape index (κ3) is 5.74. The second kappa shape index (κ2) is 11.2. The largest absolute Gasteiger partial charge is 0.462 e. The molecule has 0 aliphatic carbocycles. The van der Waals surface area contributed by atoms with Gasteiger partial charge in [0.25, 0.3) is 5.91 Å². The number of rotatable bonds is 8. The van der Waals surface area contributed by atoms with E-state index in [1.807, 2.05) is 35.2 Å². The maximum Gasteiger partial charge on any atom is 0.338 e. The summed E-state index contributed by atoms with van der Waals surface area (Å²) in [5.41, 5.74) is 4.34. The lowest BCUT2D eigenvalue weighted by atomic mass is 10.1. The zero-order chi connectivity index (χ0) is 24.8. The van der Waals surface area contributed by atoms with Gasteiger partial charge in [0, 0.05) is 17.8 Å². The summed E-state index contributed by atoms with van der Waals surface area (Å²) >= 11 is 1.61. The van der Waals surface area contributed by atoms with Gasteiger partial charge < -0.3 is 15.0 Å². The fourth-order valence-corrected chi connectivity index (χ4v) is 5.28. The van der Waals surface area contributed by atoms with Crippen LogP contribution in [0.5, 0.6) is 0 Å². The highest BCUT2D eigenvalue weighted by Crippen LogP contribution is 2.38. The summed E-state index contributed by atoms with van der Waals surface area (Å²) in [6, 6.07) is 22.7. The fraction of sp³-hybridized carbons (Fsp3) is 0.250. The summed E-state index contributed by atoms with van der Waals surface area (Å²) in [6.07, 6.45) is 0.800. The summed E-state index contributed by atoms with van der Waals surface area (Å²) in [4.78, 5) is 39.5. The van der Waals surface area contributed by atoms with Gasteiger partial charge in [-0.2, -0.15) is 0 Å². The Bertz CT molecular complexity index is 1210. The van der Waals surface area contributed by atoms with Gasteiger partial charge in [-0.05, 0) is 61.2 Å². The van der Waals surface area contributed by atoms with Crippen LogP contribution in [0.2, 0.25) is 0 Å². The van der Waals surface area contributed by atoms with E-state index in [-0.39, 0.29) is 23.8 Å². The number of benzene rings is 3. The van der Waals surface area contributed by atoms with Crippen molar-refractivity contribution < 1.29 is 19.1 Å². The van der Waals surface area contributed by atoms with Crippen molar-refractivity contribution in [2.45, 2.75) is 25.6 Å². The van der Waals surface area contributed by atoms with Crippen molar-refractivity contribution >= 4 is 35.2 Å². The lowest BCUT2D eigenvalue weighted by molar-refractivity contribution is -0.128. The molecule has 1 saturated heterocycles. The number of hydrogen-bond acceptors (Lipinski definition) is 5. The minimum atomic E-state index is -0.411. The second-order valence-electron chi connectivity index (χ2n) is 8.26. The van der Waals surface area contributed by atoms with Crippen LogP contribution in [0.1, 0.15) is 49.7 Å². The molecule has 1 heterocycles. The zero-order valence-corrected chi connectivity index (χ0v) is 20.6. The predicted molar refractivity (Wildman–Crippen MR) is 139 cm³/mol. The van der Waals surface area contributed by atoms with Crippen molar-refractivity contribution in [2.24, 2.45) is 0 Å². The van der Waals surface area contributed by atoms with Gasteiger partial charge in [-0.15, -0.1) is 11.8 Å². The molecule has 1 atom stereocenters. The summed E-state index contributed by atoms with van der Waals surface area (Å²) in [5.74, 6) is -0.0880. The topological polar surface area (TPSA) is 75.7 Å². The Labute approximate surface area is 209 Å². The molecule has 0 unspecified atom stereocenters. The van der Waals surface area contributed by atoms with Crippen LogP contribution in [0.4, 0.5) is 5.69 Å². The van der Waals surface area contributed by atoms with E-state index < -0.39 is 5.97 Å². The van der Waals surface area contributed by atoms with E-state index in [1.165, 1.54) is 5.56 Å². The molecule has 0 bridgehead atoms. The Hall–Kier alpha value is -3.58. The average molecular weight is 489 g/mol. The smallest absolute Gasteiger partial charge is 0.338 e. The van der Waals surface area contributed by atoms with E-state index in [0.29, 0.717) is 34.7 Å². The van der Waals surface area contributed by atoms with Crippen LogP contribution in [0.3, 0.4) is 0 Å². The number of ether oxygens (including phenoxy) is 1. The summed E-state index contributed by atoms with van der Waals surface area (Å²) < 4.78 is 5.09. The SMILES string of the molecule is CCOC(=O)c1cccc(NC(=O)c2ccc([C@H]3SCC(=O)N3CCc3ccccc3)cc2)c1C. The quantitative estimate of drug-likeness (QED) is 0.439. The summed E-state index contributed by atoms with van der Waals surface area (Å²) in [7, 11) is 0. The molecule has 6 nitrogen and oxygen atoms in total. The first-order chi connectivity index (χ1) is 17.0. The molecule has 35 heavy (non-hydrogen) atoms. The minimum Gasteiger partial charge on any atom is -0.462 e. The number of anilines is 1. The third-order valence-electron chi connectivity index (χ3n) is 5.99. The van der Waals surface area contributed by atoms with Gasteiger partial charge in [0.15, 0.2) is 0 Å². The van der Waals surface area contributed by atoms with Crippen LogP contribution in [-0.4, -0.2) is 41.6 Å². The minimum absolute atomic E-state index is 0.0631. The van der Waals surface area contributed by atoms with Crippen molar-refractivity contribution in [1.82, 2.24) is 4.90 Å². The van der Waals surface area contributed by atoms with Crippen LogP contribution >= 0.6 is 11.8 Å². The van der Waals surface area contributed by atoms with Crippen molar-refractivity contribution in [2.75, 3.05) is 24.2 Å². The van der Waals surface area contributed by atoms with Crippen molar-refractivity contribution in [3.8, 4) is 0 Å². The molecule has 3 aromatic carbocycles. The molecule has 0 aromatic heterocycles. The van der Waals surface area contributed by atoms with Crippen molar-refractivity contribution in [1.29, 1.82) is 0 Å². The van der Waals surface area contributed by atoms with Crippen LogP contribution < -0.4 is 5.32 Å². The van der Waals surface area contributed by atoms with E-state index in [1.54, 1.807) is 55.9 Å². The molecule has 3 aromatic rings. The first-order valence-corrected chi connectivity index (χ1v) is 12.7. The van der Waals surface area contributed by atoms with Crippen LogP contribution in [-0.2, 0) is 16.0 Å². The number of esters is 1. The molecule has 4 rings (SSSR count). The second-order valence-corrected chi connectivity index (χ2v) is 9.33. The molecule has 2 amide bonds. The number of amides is 2. The van der Waals surface area contributed by atoms with Crippen LogP contribution in [0.25, 0.3) is 0 Å². The number of carbonyl (C=O) groups is 3. The lowest BCUT2D eigenvalue weighted by Gasteiger charge is -2.24. The molecule has 1 N–H and O–H groups in total. The lowest BCUT2D eigenvalue weighted by Crippen LogP contribution is -2.30. The number of hydrogen-bond donors (Lipinski definition) is 1. The Morgan fingerprint density at radius 1 is 1.03 bits per heavy atom. The van der Waals surface area contributed by atoms with Crippen molar-refractivity contribution in [3.05, 3.63) is 101 Å². The molecule has 0 radical (unpaired) electrons. The monoisotopic (exact) mass is 488 g/mol. The van der Waals surface area contributed by atoms with E-state index in [0.717, 1.165) is 12.0 Å². The number of nitrogens with one attached hydrogen (secondary N) is 1. The molecule has 180 valence electrons. The molecular weight excluding hydrogens is 460 g/mol. The predicted octanol–water partition coefficient (Wildman–Crippen LogP) is 5.24. The molecule has 1 aliphatic rings. The van der Waals surface area contributed by atoms with E-state index >= 15 is 0 Å². The highest BCUT2D eigenvalue weighted by molar-refractivity contribution is 8.00.